The highest BCUT2D eigenvalue weighted by Crippen LogP contribution is 2.54. The molecule has 1 aromatic rings. The van der Waals surface area contributed by atoms with Crippen molar-refractivity contribution in [1.29, 1.82) is 0 Å². The third-order valence-electron chi connectivity index (χ3n) is 3.13. The standard InChI is InChI=1S/C12H9F9O2/c1-5-7(23-2)4-3-6(8(5)10(13,14)15)9(22,11(16,17)18)12(19,20)21/h3-4,22H,1-2H3. The van der Waals surface area contributed by atoms with Gasteiger partial charge in [-0.3, -0.25) is 0 Å². The molecule has 0 heterocycles. The first-order valence-electron chi connectivity index (χ1n) is 5.70. The molecule has 0 aliphatic carbocycles. The van der Waals surface area contributed by atoms with Crippen LogP contribution in [0.15, 0.2) is 12.1 Å². The summed E-state index contributed by atoms with van der Waals surface area (Å²) in [5.41, 5.74) is -11.3. The molecule has 1 N–H and O–H groups in total. The van der Waals surface area contributed by atoms with Gasteiger partial charge in [-0.25, -0.2) is 0 Å². The molecule has 0 saturated carbocycles. The molecule has 0 spiro atoms. The predicted octanol–water partition coefficient (Wildman–Crippen LogP) is 4.33. The van der Waals surface area contributed by atoms with Crippen LogP contribution in [0, 0.1) is 6.92 Å². The molecular formula is C12H9F9O2. The van der Waals surface area contributed by atoms with Gasteiger partial charge in [0.25, 0.3) is 5.60 Å². The van der Waals surface area contributed by atoms with Crippen molar-refractivity contribution < 1.29 is 49.4 Å². The summed E-state index contributed by atoms with van der Waals surface area (Å²) in [5, 5.41) is 9.20. The molecule has 0 fully saturated rings. The number of hydrogen-bond donors (Lipinski definition) is 1. The van der Waals surface area contributed by atoms with E-state index in [0.717, 1.165) is 7.11 Å². The molecule has 11 heteroatoms. The normalized spacial score (nSPS) is 14.1. The van der Waals surface area contributed by atoms with Gasteiger partial charge in [0.15, 0.2) is 0 Å². The van der Waals surface area contributed by atoms with Gasteiger partial charge in [0.2, 0.25) is 0 Å². The average Bonchev–Trinajstić information content (AvgIpc) is 2.32. The second kappa shape index (κ2) is 5.46. The minimum atomic E-state index is -6.42. The summed E-state index contributed by atoms with van der Waals surface area (Å²) in [6.07, 6.45) is -18.4. The molecule has 0 amide bonds. The highest BCUT2D eigenvalue weighted by molar-refractivity contribution is 5.49. The van der Waals surface area contributed by atoms with Crippen LogP contribution in [0.5, 0.6) is 5.75 Å². The number of hydrogen-bond acceptors (Lipinski definition) is 2. The van der Waals surface area contributed by atoms with Crippen molar-refractivity contribution >= 4 is 0 Å². The molecule has 0 saturated heterocycles. The van der Waals surface area contributed by atoms with Gasteiger partial charge in [-0.05, 0) is 13.0 Å². The Bertz CT molecular complexity index is 570. The summed E-state index contributed by atoms with van der Waals surface area (Å²) >= 11 is 0. The SMILES string of the molecule is COc1ccc(C(O)(C(F)(F)F)C(F)(F)F)c(C(F)(F)F)c1C. The van der Waals surface area contributed by atoms with Crippen molar-refractivity contribution in [3.05, 3.63) is 28.8 Å². The summed E-state index contributed by atoms with van der Waals surface area (Å²) < 4.78 is 120. The quantitative estimate of drug-likeness (QED) is 0.799. The topological polar surface area (TPSA) is 29.5 Å². The van der Waals surface area contributed by atoms with Crippen molar-refractivity contribution in [2.75, 3.05) is 7.11 Å². The summed E-state index contributed by atoms with van der Waals surface area (Å²) in [7, 11) is 0.891. The molecule has 0 atom stereocenters. The molecule has 0 bridgehead atoms. The molecule has 0 aromatic heterocycles. The van der Waals surface area contributed by atoms with Gasteiger partial charge in [0.1, 0.15) is 5.75 Å². The number of methoxy groups -OCH3 is 1. The zero-order valence-corrected chi connectivity index (χ0v) is 11.4. The third-order valence-corrected chi connectivity index (χ3v) is 3.13. The molecule has 1 rings (SSSR count). The smallest absolute Gasteiger partial charge is 0.430 e. The van der Waals surface area contributed by atoms with Crippen LogP contribution in [0.1, 0.15) is 16.7 Å². The van der Waals surface area contributed by atoms with Crippen LogP contribution >= 0.6 is 0 Å². The number of alkyl halides is 9. The number of aliphatic hydroxyl groups is 1. The molecule has 0 unspecified atom stereocenters. The monoisotopic (exact) mass is 356 g/mol. The highest BCUT2D eigenvalue weighted by atomic mass is 19.4. The van der Waals surface area contributed by atoms with E-state index in [1.54, 1.807) is 0 Å². The maximum absolute atomic E-state index is 13.0. The molecule has 2 nitrogen and oxygen atoms in total. The molecular weight excluding hydrogens is 347 g/mol. The van der Waals surface area contributed by atoms with Crippen molar-refractivity contribution in [3.8, 4) is 5.75 Å². The molecule has 0 aliphatic rings. The molecule has 0 aliphatic heterocycles. The zero-order valence-electron chi connectivity index (χ0n) is 11.4. The Hall–Kier alpha value is -1.65. The van der Waals surface area contributed by atoms with E-state index in [2.05, 4.69) is 4.74 Å². The Balaban J connectivity index is 3.94. The second-order valence-corrected chi connectivity index (χ2v) is 4.52. The van der Waals surface area contributed by atoms with Gasteiger partial charge in [-0.15, -0.1) is 0 Å². The Morgan fingerprint density at radius 3 is 1.61 bits per heavy atom. The van der Waals surface area contributed by atoms with Crippen molar-refractivity contribution in [2.24, 2.45) is 0 Å². The van der Waals surface area contributed by atoms with Crippen LogP contribution in [0.25, 0.3) is 0 Å². The number of benzene rings is 1. The number of rotatable bonds is 2. The lowest BCUT2D eigenvalue weighted by Crippen LogP contribution is -2.54. The van der Waals surface area contributed by atoms with Gasteiger partial charge >= 0.3 is 18.5 Å². The largest absolute Gasteiger partial charge is 0.496 e. The van der Waals surface area contributed by atoms with Crippen LogP contribution in [0.4, 0.5) is 39.5 Å². The van der Waals surface area contributed by atoms with Crippen molar-refractivity contribution in [3.63, 3.8) is 0 Å². The fourth-order valence-corrected chi connectivity index (χ4v) is 2.05. The Labute approximate surface area is 123 Å². The van der Waals surface area contributed by atoms with E-state index in [9.17, 15) is 44.6 Å². The van der Waals surface area contributed by atoms with Gasteiger partial charge in [-0.1, -0.05) is 6.07 Å². The minimum absolute atomic E-state index is 0.102. The first-order chi connectivity index (χ1) is 10.1. The zero-order chi connectivity index (χ0) is 18.4. The van der Waals surface area contributed by atoms with Crippen molar-refractivity contribution in [2.45, 2.75) is 31.1 Å². The lowest BCUT2D eigenvalue weighted by atomic mass is 9.85. The Morgan fingerprint density at radius 1 is 0.870 bits per heavy atom. The van der Waals surface area contributed by atoms with Gasteiger partial charge in [-0.2, -0.15) is 39.5 Å². The summed E-state index contributed by atoms with van der Waals surface area (Å²) in [6, 6.07) is 0.387. The maximum Gasteiger partial charge on any atom is 0.430 e. The van der Waals surface area contributed by atoms with Crippen LogP contribution < -0.4 is 4.74 Å². The number of halogens is 9. The minimum Gasteiger partial charge on any atom is -0.496 e. The average molecular weight is 356 g/mol. The van der Waals surface area contributed by atoms with Gasteiger partial charge < -0.3 is 9.84 Å². The first kappa shape index (κ1) is 19.4. The first-order valence-corrected chi connectivity index (χ1v) is 5.70. The van der Waals surface area contributed by atoms with Crippen LogP contribution in [-0.4, -0.2) is 24.6 Å². The fraction of sp³-hybridized carbons (Fsp3) is 0.500. The van der Waals surface area contributed by atoms with Crippen molar-refractivity contribution in [1.82, 2.24) is 0 Å². The third kappa shape index (κ3) is 3.06. The van der Waals surface area contributed by atoms with E-state index in [0.29, 0.717) is 13.0 Å². The van der Waals surface area contributed by atoms with Gasteiger partial charge in [0, 0.05) is 11.1 Å². The summed E-state index contributed by atoms with van der Waals surface area (Å²) in [6.45, 7) is 0.637. The highest BCUT2D eigenvalue weighted by Gasteiger charge is 2.73. The lowest BCUT2D eigenvalue weighted by molar-refractivity contribution is -0.377. The van der Waals surface area contributed by atoms with Crippen LogP contribution in [0.2, 0.25) is 0 Å². The molecule has 1 aromatic carbocycles. The van der Waals surface area contributed by atoms with E-state index >= 15 is 0 Å². The summed E-state index contributed by atoms with van der Waals surface area (Å²) in [5.74, 6) is -0.576. The van der Waals surface area contributed by atoms with E-state index < -0.39 is 46.6 Å². The van der Waals surface area contributed by atoms with Crippen LogP contribution in [0.3, 0.4) is 0 Å². The van der Waals surface area contributed by atoms with Gasteiger partial charge in [0.05, 0.1) is 12.7 Å². The molecule has 23 heavy (non-hydrogen) atoms. The van der Waals surface area contributed by atoms with E-state index in [1.165, 1.54) is 0 Å². The second-order valence-electron chi connectivity index (χ2n) is 4.52. The Morgan fingerprint density at radius 2 is 1.30 bits per heavy atom. The molecule has 132 valence electrons. The fourth-order valence-electron chi connectivity index (χ4n) is 2.05. The van der Waals surface area contributed by atoms with E-state index in [4.69, 9.17) is 0 Å². The number of ether oxygens (including phenoxy) is 1. The summed E-state index contributed by atoms with van der Waals surface area (Å²) in [4.78, 5) is 0. The lowest BCUT2D eigenvalue weighted by Gasteiger charge is -2.35. The van der Waals surface area contributed by atoms with E-state index in [1.807, 2.05) is 0 Å². The maximum atomic E-state index is 13.0. The molecule has 0 radical (unpaired) electrons. The Kier molecular flexibility index (Phi) is 4.61. The predicted molar refractivity (Wildman–Crippen MR) is 58.7 cm³/mol. The van der Waals surface area contributed by atoms with E-state index in [-0.39, 0.29) is 6.07 Å². The van der Waals surface area contributed by atoms with Crippen LogP contribution in [-0.2, 0) is 11.8 Å².